The maximum atomic E-state index is 14.7. The zero-order valence-corrected chi connectivity index (χ0v) is 89.3. The molecule has 4 aromatic rings. The molecule has 0 aliphatic carbocycles. The molecule has 0 radical (unpaired) electrons. The Morgan fingerprint density at radius 3 is 1.13 bits per heavy atom. The van der Waals surface area contributed by atoms with Gasteiger partial charge in [0.2, 0.25) is 0 Å². The fraction of sp³-hybridized carbons (Fsp3) is 0.667. The number of azide groups is 1. The lowest BCUT2D eigenvalue weighted by Crippen LogP contribution is -2.54. The van der Waals surface area contributed by atoms with Gasteiger partial charge >= 0.3 is 36.6 Å². The van der Waals surface area contributed by atoms with Gasteiger partial charge < -0.3 is 115 Å². The van der Waals surface area contributed by atoms with Crippen molar-refractivity contribution in [2.45, 2.75) is 312 Å². The number of carbonyl (C=O) groups excluding carboxylic acids is 10. The number of methoxy groups -OCH3 is 2. The van der Waals surface area contributed by atoms with Crippen molar-refractivity contribution < 1.29 is 136 Å². The predicted octanol–water partition coefficient (Wildman–Crippen LogP) is 19.8. The molecule has 4 aromatic carbocycles. The van der Waals surface area contributed by atoms with E-state index in [1.807, 2.05) is 25.7 Å². The molecule has 149 heavy (non-hydrogen) atoms. The summed E-state index contributed by atoms with van der Waals surface area (Å²) in [6.45, 7) is 36.6. The standard InChI is InChI=1S/C22H26ClF2N3O3.C18H25ClFN3O4.C10H17FN4O2.C10H19FN2O2.C10H18FNO3.C10H16FNO3.C10H17NO3.C9H10ClFO.3CH4/c1-30-21-12-19(26)17(23)11-16(21)22(29)27-20-7-9-28(13-18(20)25)8-2-10-31-15-5-3-14(24)4-6-15;1-18(2,3)27-17(25)23-6-5-14(12(20)9-23)22-16(24)10-7-11(19)13(21)8-15(10)26-4;1-10(2,3)17-9(16)15-5-4-8(13-14-12)7(11)6-15;1-10(2,3)15-9(14)13-5-4-8(12)7(11)6-13;2*1-10(2,3)15-9(14)12-5-4-8(13)7(11)6-12;1-10(2,3)14-9(13)11-6-4-8(12)5-7-11;10-6-1-7-12-9-4-2-8(11)3-5-9;;;/h3-6,11-12,18,20H,2,7-10,13,26H2,1H3,(H,27,29);7-8,12,14H,5-6,9,21H2,1-4H3,(H,22,24);7-8H,4-6H2,1-3H3;7-8H,4-6,12H2,1-3H3;7-8,13H,4-6H2,1-3H3;7H,4-6H2,1-3H3;4-7H2,1-3H3;2-5H,1,6-7H2;3*1H4/t18-,20-;12-,14-;2*7-,8-;7-,8+;;;;;;/m11111....../s1. The van der Waals surface area contributed by atoms with Crippen molar-refractivity contribution in [3.8, 4) is 23.0 Å². The number of piperidine rings is 7. The maximum Gasteiger partial charge on any atom is 0.410 e. The number of nitrogens with two attached hydrogens (primary N) is 3. The molecular formula is C102H160Cl3F8N15O21. The molecule has 0 aromatic heterocycles. The third kappa shape index (κ3) is 52.6. The maximum absolute atomic E-state index is 14.7. The number of aliphatic hydroxyl groups excluding tert-OH is 1. The molecule has 846 valence electrons. The third-order valence-corrected chi connectivity index (χ3v) is 22.3. The van der Waals surface area contributed by atoms with E-state index < -0.39 is 149 Å². The number of Topliss-reactive ketones (excluding diaryl/α,β-unsaturated/α-hetero) is 2. The molecule has 8 amide bonds. The van der Waals surface area contributed by atoms with Crippen LogP contribution in [0.1, 0.15) is 232 Å². The summed E-state index contributed by atoms with van der Waals surface area (Å²) >= 11 is 17.4. The molecule has 1 unspecified atom stereocenters. The van der Waals surface area contributed by atoms with E-state index in [-0.39, 0.29) is 156 Å². The largest absolute Gasteiger partial charge is 0.496 e. The highest BCUT2D eigenvalue weighted by Gasteiger charge is 2.40. The summed E-state index contributed by atoms with van der Waals surface area (Å²) in [4.78, 5) is 130. The van der Waals surface area contributed by atoms with Crippen molar-refractivity contribution in [1.82, 2.24) is 44.9 Å². The molecule has 7 fully saturated rings. The normalized spacial score (nSPS) is 20.9. The van der Waals surface area contributed by atoms with Gasteiger partial charge in [-0.05, 0) is 236 Å². The minimum Gasteiger partial charge on any atom is -0.496 e. The van der Waals surface area contributed by atoms with Gasteiger partial charge in [-0.1, -0.05) is 50.6 Å². The van der Waals surface area contributed by atoms with Gasteiger partial charge in [-0.2, -0.15) is 0 Å². The highest BCUT2D eigenvalue weighted by Crippen LogP contribution is 2.33. The number of alkyl halides is 7. The van der Waals surface area contributed by atoms with Crippen LogP contribution in [0.3, 0.4) is 0 Å². The number of likely N-dealkylation sites (tertiary alicyclic amines) is 7. The van der Waals surface area contributed by atoms with Crippen LogP contribution in [0.15, 0.2) is 77.9 Å². The number of hydrogen-bond acceptors (Lipinski definition) is 26. The number of benzene rings is 4. The number of hydrogen-bond donors (Lipinski definition) is 6. The second-order valence-corrected chi connectivity index (χ2v) is 42.2. The molecule has 7 saturated heterocycles. The Morgan fingerprint density at radius 1 is 0.450 bits per heavy atom. The Hall–Kier alpha value is -10.9. The predicted molar refractivity (Wildman–Crippen MR) is 558 cm³/mol. The number of rotatable bonds is 16. The fourth-order valence-corrected chi connectivity index (χ4v) is 14.4. The number of amides is 8. The van der Waals surface area contributed by atoms with Crippen LogP contribution in [0.25, 0.3) is 10.4 Å². The van der Waals surface area contributed by atoms with Crippen molar-refractivity contribution in [3.05, 3.63) is 116 Å². The number of ketones is 2. The number of ether oxygens (including phenoxy) is 10. The third-order valence-electron chi connectivity index (χ3n) is 21.4. The van der Waals surface area contributed by atoms with Crippen molar-refractivity contribution in [2.75, 3.05) is 143 Å². The molecule has 11 rings (SSSR count). The lowest BCUT2D eigenvalue weighted by atomic mass is 10.0. The van der Waals surface area contributed by atoms with Crippen LogP contribution in [0.5, 0.6) is 23.0 Å². The van der Waals surface area contributed by atoms with Crippen LogP contribution in [0.2, 0.25) is 10.0 Å². The Kier molecular flexibility index (Phi) is 58.5. The van der Waals surface area contributed by atoms with Gasteiger partial charge in [0.15, 0.2) is 12.0 Å². The van der Waals surface area contributed by atoms with Gasteiger partial charge in [0.25, 0.3) is 11.8 Å². The summed E-state index contributed by atoms with van der Waals surface area (Å²) in [5, 5.41) is 18.3. The smallest absolute Gasteiger partial charge is 0.410 e. The van der Waals surface area contributed by atoms with Gasteiger partial charge in [0.1, 0.15) is 105 Å². The van der Waals surface area contributed by atoms with E-state index in [2.05, 4.69) is 20.7 Å². The van der Waals surface area contributed by atoms with Crippen LogP contribution >= 0.6 is 34.8 Å². The molecule has 7 aliphatic rings. The zero-order chi connectivity index (χ0) is 110. The molecular weight excluding hydrogens is 2030 g/mol. The second kappa shape index (κ2) is 64.0. The monoisotopic (exact) mass is 2190 g/mol. The molecule has 7 aliphatic heterocycles. The zero-order valence-electron chi connectivity index (χ0n) is 87.1. The number of halogens is 11. The Balaban J connectivity index is 0.000000868. The highest BCUT2D eigenvalue weighted by molar-refractivity contribution is 6.34. The first kappa shape index (κ1) is 136. The van der Waals surface area contributed by atoms with Crippen LogP contribution in [-0.2, 0) is 38.0 Å². The van der Waals surface area contributed by atoms with E-state index in [9.17, 15) is 83.1 Å². The summed E-state index contributed by atoms with van der Waals surface area (Å²) in [5.74, 6) is 0.657. The lowest BCUT2D eigenvalue weighted by molar-refractivity contribution is -0.127. The second-order valence-electron chi connectivity index (χ2n) is 41.0. The van der Waals surface area contributed by atoms with Crippen LogP contribution in [0, 0.1) is 11.6 Å². The Morgan fingerprint density at radius 2 is 0.785 bits per heavy atom. The minimum atomic E-state index is -1.56. The average molecular weight is 2190 g/mol. The van der Waals surface area contributed by atoms with Crippen molar-refractivity contribution in [2.24, 2.45) is 10.8 Å². The summed E-state index contributed by atoms with van der Waals surface area (Å²) in [6, 6.07) is 15.0. The molecule has 0 saturated carbocycles. The summed E-state index contributed by atoms with van der Waals surface area (Å²) in [5.41, 5.74) is 22.8. The van der Waals surface area contributed by atoms with Crippen molar-refractivity contribution >= 4 is 106 Å². The molecule has 47 heteroatoms. The highest BCUT2D eigenvalue weighted by atomic mass is 35.5. The molecule has 36 nitrogen and oxygen atoms in total. The lowest BCUT2D eigenvalue weighted by Gasteiger charge is -2.35. The van der Waals surface area contributed by atoms with E-state index >= 15 is 0 Å². The summed E-state index contributed by atoms with van der Waals surface area (Å²) < 4.78 is 160. The molecule has 9 N–H and O–H groups in total. The van der Waals surface area contributed by atoms with Gasteiger partial charge in [0.05, 0.1) is 117 Å². The number of carbonyl (C=O) groups is 10. The SMILES string of the molecule is C.C.C.CC(C)(C)OC(=O)N1CCC(=O)C(F)C1.CC(C)(C)OC(=O)N1CCC(=O)CC1.CC(C)(C)OC(=O)N1CC[C@@H](N)[C@H](F)C1.CC(C)(C)OC(=O)N1CC[C@@H](N=[N+]=[N-])[C@H](F)C1.CC(C)(C)OC(=O)N1CC[C@H](O)[C@H](F)C1.COc1cc(N)c(Cl)cc1C(=O)N[C@@H]1CCN(C(=O)OC(C)(C)C)C[C@H]1F.COc1cc(N)c(Cl)cc1C(=O)N[C@@H]1CCN(CCCOc2ccc(F)cc2)C[C@H]1F.Fc1ccc(OCCCCl)cc1. The summed E-state index contributed by atoms with van der Waals surface area (Å²) in [6.07, 6.45) is -7.62. The van der Waals surface area contributed by atoms with Gasteiger partial charge in [-0.25, -0.2) is 63.9 Å². The fourth-order valence-electron chi connectivity index (χ4n) is 13.9. The molecule has 11 atom stereocenters. The molecule has 0 bridgehead atoms. The van der Waals surface area contributed by atoms with E-state index in [1.165, 1.54) is 87.3 Å². The Bertz CT molecular complexity index is 4820. The molecule has 7 heterocycles. The van der Waals surface area contributed by atoms with Gasteiger partial charge in [0, 0.05) is 114 Å². The van der Waals surface area contributed by atoms with E-state index in [1.54, 1.807) is 133 Å². The van der Waals surface area contributed by atoms with E-state index in [4.69, 9.17) is 110 Å². The van der Waals surface area contributed by atoms with Crippen LogP contribution in [0.4, 0.5) is 75.3 Å². The van der Waals surface area contributed by atoms with Crippen molar-refractivity contribution in [1.29, 1.82) is 0 Å². The summed E-state index contributed by atoms with van der Waals surface area (Å²) in [7, 11) is 2.83. The topological polar surface area (TPSA) is 457 Å². The minimum absolute atomic E-state index is 0. The number of nitrogens with zero attached hydrogens (tertiary/aromatic N) is 10. The number of aliphatic hydroxyl groups is 1. The first-order valence-corrected chi connectivity index (χ1v) is 49.3. The average Bonchev–Trinajstić information content (AvgIpc) is 0.816. The van der Waals surface area contributed by atoms with Crippen molar-refractivity contribution in [3.63, 3.8) is 0 Å². The van der Waals surface area contributed by atoms with Gasteiger partial charge in [-0.3, -0.25) is 19.2 Å². The van der Waals surface area contributed by atoms with Crippen LogP contribution in [-0.4, -0.2) is 332 Å². The Labute approximate surface area is 886 Å². The van der Waals surface area contributed by atoms with Gasteiger partial charge in [-0.15, -0.1) is 11.6 Å². The van der Waals surface area contributed by atoms with E-state index in [0.717, 1.165) is 6.42 Å². The number of anilines is 2. The van der Waals surface area contributed by atoms with Crippen LogP contribution < -0.4 is 46.8 Å². The number of nitrogens with one attached hydrogen (secondary N) is 2. The first-order valence-electron chi connectivity index (χ1n) is 48.0. The molecule has 0 spiro atoms. The quantitative estimate of drug-likeness (QED) is 0.00886. The first-order chi connectivity index (χ1) is 67.8. The van der Waals surface area contributed by atoms with E-state index in [0.29, 0.717) is 121 Å². The number of nitrogen functional groups attached to an aromatic ring is 2.